The van der Waals surface area contributed by atoms with Gasteiger partial charge in [0.25, 0.3) is 0 Å². The highest BCUT2D eigenvalue weighted by atomic mass is 35.5. The minimum absolute atomic E-state index is 0.278. The van der Waals surface area contributed by atoms with Crippen LogP contribution in [0, 0.1) is 0 Å². The normalized spacial score (nSPS) is 11.4. The van der Waals surface area contributed by atoms with E-state index < -0.39 is 0 Å². The highest BCUT2D eigenvalue weighted by Crippen LogP contribution is 2.32. The van der Waals surface area contributed by atoms with E-state index in [2.05, 4.69) is 15.2 Å². The Hall–Kier alpha value is -1.88. The van der Waals surface area contributed by atoms with Crippen LogP contribution in [-0.4, -0.2) is 19.6 Å². The van der Waals surface area contributed by atoms with Crippen molar-refractivity contribution in [3.05, 3.63) is 57.8 Å². The zero-order valence-corrected chi connectivity index (χ0v) is 13.2. The van der Waals surface area contributed by atoms with Gasteiger partial charge in [-0.05, 0) is 41.9 Å². The number of nitrogens with zero attached hydrogens (tertiary/aromatic N) is 4. The Bertz CT molecular complexity index is 1030. The Labute approximate surface area is 140 Å². The molecule has 4 aromatic rings. The molecule has 0 fully saturated rings. The van der Waals surface area contributed by atoms with Crippen molar-refractivity contribution in [2.45, 2.75) is 0 Å². The summed E-state index contributed by atoms with van der Waals surface area (Å²) in [4.78, 5) is 4.39. The predicted molar refractivity (Wildman–Crippen MR) is 88.8 cm³/mol. The molecule has 2 aromatic carbocycles. The Kier molecular flexibility index (Phi) is 3.18. The fraction of sp³-hybridized carbons (Fsp3) is 0. The molecule has 0 atom stereocenters. The molecule has 2 heterocycles. The number of aromatic nitrogens is 4. The molecule has 22 heavy (non-hydrogen) atoms. The molecule has 0 aliphatic rings. The average molecular weight is 350 g/mol. The summed E-state index contributed by atoms with van der Waals surface area (Å²) >= 11 is 18.5. The minimum atomic E-state index is 0.278. The van der Waals surface area contributed by atoms with Crippen LogP contribution in [0.5, 0.6) is 0 Å². The number of hydrogen-bond donors (Lipinski definition) is 0. The predicted octanol–water partition coefficient (Wildman–Crippen LogP) is 4.90. The third kappa shape index (κ3) is 2.03. The molecule has 0 saturated heterocycles. The Balaban J connectivity index is 2.10. The molecule has 2 aromatic heterocycles. The zero-order valence-electron chi connectivity index (χ0n) is 11.0. The van der Waals surface area contributed by atoms with E-state index in [0.717, 1.165) is 10.9 Å². The quantitative estimate of drug-likeness (QED) is 0.459. The second kappa shape index (κ2) is 5.09. The summed E-state index contributed by atoms with van der Waals surface area (Å²) in [5, 5.41) is 10.7. The van der Waals surface area contributed by atoms with E-state index >= 15 is 0 Å². The molecule has 4 rings (SSSR count). The first-order chi connectivity index (χ1) is 10.6. The lowest BCUT2D eigenvalue weighted by Gasteiger charge is -2.06. The van der Waals surface area contributed by atoms with E-state index in [-0.39, 0.29) is 5.28 Å². The van der Waals surface area contributed by atoms with Gasteiger partial charge in [0.05, 0.1) is 10.5 Å². The van der Waals surface area contributed by atoms with Crippen molar-refractivity contribution in [2.24, 2.45) is 0 Å². The maximum Gasteiger partial charge on any atom is 0.210 e. The third-order valence-electron chi connectivity index (χ3n) is 3.38. The van der Waals surface area contributed by atoms with Gasteiger partial charge in [0.15, 0.2) is 11.5 Å². The molecule has 0 N–H and O–H groups in total. The summed E-state index contributed by atoms with van der Waals surface area (Å²) in [5.41, 5.74) is 2.09. The summed E-state index contributed by atoms with van der Waals surface area (Å²) < 4.78 is 1.68. The fourth-order valence-corrected chi connectivity index (χ4v) is 3.13. The maximum atomic E-state index is 6.32. The van der Waals surface area contributed by atoms with Crippen LogP contribution in [0.1, 0.15) is 0 Å². The lowest BCUT2D eigenvalue weighted by atomic mass is 10.2. The van der Waals surface area contributed by atoms with Gasteiger partial charge in [-0.1, -0.05) is 35.3 Å². The highest BCUT2D eigenvalue weighted by molar-refractivity contribution is 6.36. The van der Waals surface area contributed by atoms with Crippen molar-refractivity contribution < 1.29 is 0 Å². The molecule has 4 nitrogen and oxygen atoms in total. The van der Waals surface area contributed by atoms with Crippen LogP contribution in [0.25, 0.3) is 27.9 Å². The van der Waals surface area contributed by atoms with Gasteiger partial charge in [0.1, 0.15) is 0 Å². The third-order valence-corrected chi connectivity index (χ3v) is 4.18. The highest BCUT2D eigenvalue weighted by Gasteiger charge is 2.17. The van der Waals surface area contributed by atoms with Gasteiger partial charge in [-0.15, -0.1) is 10.2 Å². The first kappa shape index (κ1) is 13.8. The van der Waals surface area contributed by atoms with Crippen molar-refractivity contribution in [2.75, 3.05) is 0 Å². The Morgan fingerprint density at radius 3 is 2.55 bits per heavy atom. The lowest BCUT2D eigenvalue weighted by molar-refractivity contribution is 1.09. The van der Waals surface area contributed by atoms with Crippen LogP contribution < -0.4 is 0 Å². The van der Waals surface area contributed by atoms with Gasteiger partial charge in [-0.3, -0.25) is 0 Å². The van der Waals surface area contributed by atoms with E-state index in [1.165, 1.54) is 0 Å². The number of halogens is 3. The molecule has 0 bridgehead atoms. The Morgan fingerprint density at radius 1 is 0.909 bits per heavy atom. The van der Waals surface area contributed by atoms with Gasteiger partial charge >= 0.3 is 0 Å². The topological polar surface area (TPSA) is 43.1 Å². The molecule has 0 radical (unpaired) electrons. The van der Waals surface area contributed by atoms with Crippen molar-refractivity contribution in [3.63, 3.8) is 0 Å². The smallest absolute Gasteiger partial charge is 0.210 e. The van der Waals surface area contributed by atoms with E-state index in [1.54, 1.807) is 22.6 Å². The number of rotatable bonds is 1. The summed E-state index contributed by atoms with van der Waals surface area (Å²) in [6.07, 6.45) is 0. The number of hydrogen-bond acceptors (Lipinski definition) is 3. The second-order valence-electron chi connectivity index (χ2n) is 4.70. The number of benzene rings is 2. The first-order valence-electron chi connectivity index (χ1n) is 6.40. The molecule has 0 aliphatic carbocycles. The van der Waals surface area contributed by atoms with Crippen LogP contribution in [0.3, 0.4) is 0 Å². The summed E-state index contributed by atoms with van der Waals surface area (Å²) in [5.74, 6) is 0.528. The second-order valence-corrected chi connectivity index (χ2v) is 5.89. The molecular formula is C15H7Cl3N4. The van der Waals surface area contributed by atoms with Gasteiger partial charge in [-0.2, -0.15) is 0 Å². The van der Waals surface area contributed by atoms with Crippen LogP contribution >= 0.6 is 34.8 Å². The van der Waals surface area contributed by atoms with Crippen LogP contribution in [0.2, 0.25) is 15.3 Å². The fourth-order valence-electron chi connectivity index (χ4n) is 2.39. The molecule has 0 unspecified atom stereocenters. The van der Waals surface area contributed by atoms with Gasteiger partial charge < -0.3 is 0 Å². The molecule has 7 heteroatoms. The SMILES string of the molecule is Clc1ccc(-c2nnc3c4ccccc4nc(Cl)n23)c(Cl)c1. The monoisotopic (exact) mass is 348 g/mol. The van der Waals surface area contributed by atoms with Crippen molar-refractivity contribution >= 4 is 51.4 Å². The van der Waals surface area contributed by atoms with Crippen molar-refractivity contribution in [3.8, 4) is 11.4 Å². The van der Waals surface area contributed by atoms with E-state index in [9.17, 15) is 0 Å². The van der Waals surface area contributed by atoms with Gasteiger partial charge in [0.2, 0.25) is 5.28 Å². The standard InChI is InChI=1S/C15H7Cl3N4/c16-8-5-6-9(11(17)7-8)13-20-21-14-10-3-1-2-4-12(10)19-15(18)22(13)14/h1-7H. The van der Waals surface area contributed by atoms with Crippen LogP contribution in [0.15, 0.2) is 42.5 Å². The zero-order chi connectivity index (χ0) is 15.3. The Morgan fingerprint density at radius 2 is 1.73 bits per heavy atom. The van der Waals surface area contributed by atoms with Crippen molar-refractivity contribution in [1.29, 1.82) is 0 Å². The molecule has 0 saturated carbocycles. The maximum absolute atomic E-state index is 6.32. The van der Waals surface area contributed by atoms with Crippen LogP contribution in [-0.2, 0) is 0 Å². The van der Waals surface area contributed by atoms with Crippen molar-refractivity contribution in [1.82, 2.24) is 19.6 Å². The molecule has 0 aliphatic heterocycles. The summed E-state index contributed by atoms with van der Waals surface area (Å²) in [6, 6.07) is 12.8. The number of fused-ring (bicyclic) bond motifs is 3. The van der Waals surface area contributed by atoms with Gasteiger partial charge in [0, 0.05) is 16.0 Å². The summed E-state index contributed by atoms with van der Waals surface area (Å²) in [6.45, 7) is 0. The summed E-state index contributed by atoms with van der Waals surface area (Å²) in [7, 11) is 0. The van der Waals surface area contributed by atoms with E-state index in [0.29, 0.717) is 27.1 Å². The molecule has 108 valence electrons. The van der Waals surface area contributed by atoms with E-state index in [1.807, 2.05) is 24.3 Å². The van der Waals surface area contributed by atoms with Crippen LogP contribution in [0.4, 0.5) is 0 Å². The first-order valence-corrected chi connectivity index (χ1v) is 7.53. The molecule has 0 spiro atoms. The molecule has 0 amide bonds. The number of para-hydroxylation sites is 1. The van der Waals surface area contributed by atoms with Gasteiger partial charge in [-0.25, -0.2) is 9.38 Å². The van der Waals surface area contributed by atoms with E-state index in [4.69, 9.17) is 34.8 Å². The lowest BCUT2D eigenvalue weighted by Crippen LogP contribution is -1.96. The average Bonchev–Trinajstić information content (AvgIpc) is 2.93. The molecular weight excluding hydrogens is 343 g/mol. The largest absolute Gasteiger partial charge is 0.248 e. The minimum Gasteiger partial charge on any atom is -0.248 e.